The molecule has 4 nitrogen and oxygen atoms in total. The van der Waals surface area contributed by atoms with Crippen LogP contribution < -0.4 is 24.7 Å². The first-order chi connectivity index (χ1) is 34.6. The third-order valence-corrected chi connectivity index (χ3v) is 35.6. The van der Waals surface area contributed by atoms with Gasteiger partial charge in [-0.15, -0.1) is 0 Å². The molecule has 2 aromatic heterocycles. The van der Waals surface area contributed by atoms with Crippen molar-refractivity contribution in [3.05, 3.63) is 70.8 Å². The van der Waals surface area contributed by atoms with E-state index in [0.29, 0.717) is 50.1 Å². The molecule has 0 fully saturated rings. The van der Waals surface area contributed by atoms with Crippen LogP contribution in [0.5, 0.6) is 23.0 Å². The van der Waals surface area contributed by atoms with Crippen LogP contribution in [0.25, 0.3) is 20.2 Å². The first-order valence-electron chi connectivity index (χ1n) is 28.5. The second-order valence-electron chi connectivity index (χ2n) is 22.8. The van der Waals surface area contributed by atoms with Crippen LogP contribution in [0.4, 0.5) is 0 Å². The van der Waals surface area contributed by atoms with Gasteiger partial charge >= 0.3 is 302 Å². The molecule has 4 atom stereocenters. The molecule has 0 aliphatic carbocycles. The van der Waals surface area contributed by atoms with Crippen molar-refractivity contribution < 1.29 is 18.9 Å². The monoisotopic (exact) mass is 1230 g/mol. The molecule has 0 aliphatic heterocycles. The van der Waals surface area contributed by atoms with Crippen LogP contribution in [0.1, 0.15) is 180 Å². The molecule has 0 N–H and O–H groups in total. The summed E-state index contributed by atoms with van der Waals surface area (Å²) >= 11 is -1.19. The van der Waals surface area contributed by atoms with E-state index in [0.717, 1.165) is 70.9 Å². The Morgan fingerprint density at radius 1 is 0.389 bits per heavy atom. The summed E-state index contributed by atoms with van der Waals surface area (Å²) in [6.07, 6.45) is 18.9. The summed E-state index contributed by atoms with van der Waals surface area (Å²) in [4.78, 5) is 15.2. The van der Waals surface area contributed by atoms with Crippen molar-refractivity contribution in [1.29, 1.82) is 0 Å². The maximum absolute atomic E-state index is 6.63. The fraction of sp³-hybridized carbons (Fsp3) is 0.594. The Bertz CT molecular complexity index is 2260. The van der Waals surface area contributed by atoms with Gasteiger partial charge in [-0.05, 0) is 25.7 Å². The summed E-state index contributed by atoms with van der Waals surface area (Å²) in [6, 6.07) is 17.8. The third kappa shape index (κ3) is 18.4. The van der Waals surface area contributed by atoms with Crippen LogP contribution in [-0.4, -0.2) is 63.2 Å². The first kappa shape index (κ1) is 60.4. The molecule has 3 aromatic carbocycles. The van der Waals surface area contributed by atoms with E-state index in [9.17, 15) is 0 Å². The summed E-state index contributed by atoms with van der Waals surface area (Å²) in [5, 5.41) is 2.49. The molecule has 4 unspecified atom stereocenters. The van der Waals surface area contributed by atoms with E-state index in [4.69, 9.17) is 18.9 Å². The average Bonchev–Trinajstić information content (AvgIpc) is 4.02. The number of thiophene rings is 2. The van der Waals surface area contributed by atoms with E-state index < -0.39 is 36.8 Å². The van der Waals surface area contributed by atoms with Crippen molar-refractivity contribution >= 4 is 85.4 Å². The van der Waals surface area contributed by atoms with Gasteiger partial charge in [0.05, 0.1) is 0 Å². The van der Waals surface area contributed by atoms with Crippen molar-refractivity contribution in [2.24, 2.45) is 23.7 Å². The van der Waals surface area contributed by atoms with E-state index in [1.54, 1.807) is 5.79 Å². The molecule has 0 saturated carbocycles. The second-order valence-corrected chi connectivity index (χ2v) is 55.7. The van der Waals surface area contributed by atoms with E-state index in [2.05, 4.69) is 157 Å². The SMILES string of the molecule is CCCCC(CC)COc1cc(C#Cc2c3c[c]([Sn]([CH3])([CH3])[CH3])sc3c(C#Cc3cc(OCC(CC)CCCC)cc(OCC(CC)CCCC)c3)c3c[c]([Sn]([CH3])([CH3])[CH3])sc23)cc(OCC(CC)CCCC)c1. The molecular formula is C64H94O4S2Sn2. The number of hydrogen-bond acceptors (Lipinski definition) is 6. The molecule has 5 aromatic rings. The number of unbranched alkanes of at least 4 members (excludes halogenated alkanes) is 4. The summed E-state index contributed by atoms with van der Waals surface area (Å²) in [6.45, 7) is 21.1. The van der Waals surface area contributed by atoms with Crippen LogP contribution >= 0.6 is 22.7 Å². The normalized spacial score (nSPS) is 13.5. The number of hydrogen-bond donors (Lipinski definition) is 0. The molecule has 2 heterocycles. The predicted octanol–water partition coefficient (Wildman–Crippen LogP) is 18.4. The van der Waals surface area contributed by atoms with E-state index in [-0.39, 0.29) is 0 Å². The molecule has 8 heteroatoms. The molecule has 0 bridgehead atoms. The van der Waals surface area contributed by atoms with Crippen LogP contribution in [0.3, 0.4) is 0 Å². The quantitative estimate of drug-likeness (QED) is 0.0339. The van der Waals surface area contributed by atoms with Gasteiger partial charge in [0.15, 0.2) is 0 Å². The first-order valence-corrected chi connectivity index (χ1v) is 50.1. The van der Waals surface area contributed by atoms with E-state index in [1.165, 1.54) is 97.2 Å². The minimum absolute atomic E-state index is 0.531. The number of fused-ring (bicyclic) bond motifs is 2. The van der Waals surface area contributed by atoms with Crippen LogP contribution in [0.15, 0.2) is 48.5 Å². The van der Waals surface area contributed by atoms with Gasteiger partial charge in [0.2, 0.25) is 0 Å². The van der Waals surface area contributed by atoms with Crippen molar-refractivity contribution in [2.45, 2.75) is 188 Å². The van der Waals surface area contributed by atoms with Crippen LogP contribution in [0.2, 0.25) is 29.6 Å². The van der Waals surface area contributed by atoms with Gasteiger partial charge in [0.1, 0.15) is 0 Å². The van der Waals surface area contributed by atoms with Gasteiger partial charge in [-0.25, -0.2) is 0 Å². The van der Waals surface area contributed by atoms with Gasteiger partial charge < -0.3 is 0 Å². The van der Waals surface area contributed by atoms with Crippen molar-refractivity contribution in [3.8, 4) is 46.7 Å². The van der Waals surface area contributed by atoms with Crippen LogP contribution in [0, 0.1) is 47.4 Å². The zero-order chi connectivity index (χ0) is 52.3. The van der Waals surface area contributed by atoms with Crippen molar-refractivity contribution in [1.82, 2.24) is 0 Å². The van der Waals surface area contributed by atoms with Gasteiger partial charge in [-0.2, -0.15) is 0 Å². The fourth-order valence-electron chi connectivity index (χ4n) is 9.10. The van der Waals surface area contributed by atoms with E-state index in [1.807, 2.05) is 22.7 Å². The molecule has 0 saturated heterocycles. The average molecular weight is 1230 g/mol. The summed E-state index contributed by atoms with van der Waals surface area (Å²) in [5.41, 5.74) is 4.13. The Balaban J connectivity index is 1.68. The summed E-state index contributed by atoms with van der Waals surface area (Å²) in [5.74, 6) is 20.7. The fourth-order valence-corrected chi connectivity index (χ4v) is 21.9. The molecule has 72 heavy (non-hydrogen) atoms. The second kappa shape index (κ2) is 30.3. The molecule has 0 radical (unpaired) electrons. The summed E-state index contributed by atoms with van der Waals surface area (Å²) in [7, 11) is 0. The Hall–Kier alpha value is -2.50. The van der Waals surface area contributed by atoms with Crippen molar-refractivity contribution in [2.75, 3.05) is 26.4 Å². The molecule has 394 valence electrons. The van der Waals surface area contributed by atoms with Crippen molar-refractivity contribution in [3.63, 3.8) is 0 Å². The maximum atomic E-state index is 6.63. The Labute approximate surface area is 455 Å². The Morgan fingerprint density at radius 3 is 0.903 bits per heavy atom. The van der Waals surface area contributed by atoms with Gasteiger partial charge in [0, 0.05) is 0 Å². The predicted molar refractivity (Wildman–Crippen MR) is 323 cm³/mol. The standard InChI is InChI=1S/C58H76O4S2.6CH3.2Sn/c1-9-17-21-43(13-5)39-59-49-33-47(34-50(37-49)60-40-44(14-6)22-18-10-2)25-27-53-55-29-31-64-58(55)54(56-30-32-63-57(53)56)28-26-48-35-51(61-41-45(15-7)23-19-11-3)38-52(36-48)62-42-46(16-8)24-20-12-4;;;;;;;;/h29-30,33-38,43-46H,9-24,39-42H2,1-8H3;6*1H3;;. The number of rotatable bonds is 30. The molecule has 0 amide bonds. The minimum atomic E-state index is -2.57. The summed E-state index contributed by atoms with van der Waals surface area (Å²) < 4.78 is 32.1. The zero-order valence-corrected chi connectivity index (χ0v) is 54.9. The Kier molecular flexibility index (Phi) is 25.4. The van der Waals surface area contributed by atoms with Gasteiger partial charge in [-0.1, -0.05) is 132 Å². The molecule has 0 aliphatic rings. The molecular weight excluding hydrogens is 1130 g/mol. The van der Waals surface area contributed by atoms with E-state index >= 15 is 0 Å². The van der Waals surface area contributed by atoms with Gasteiger partial charge in [0.25, 0.3) is 0 Å². The Morgan fingerprint density at radius 2 is 0.667 bits per heavy atom. The molecule has 5 rings (SSSR count). The number of ether oxygens (including phenoxy) is 4. The topological polar surface area (TPSA) is 36.9 Å². The zero-order valence-electron chi connectivity index (χ0n) is 47.5. The van der Waals surface area contributed by atoms with Gasteiger partial charge in [-0.3, -0.25) is 0 Å². The van der Waals surface area contributed by atoms with Crippen LogP contribution in [-0.2, 0) is 0 Å². The molecule has 0 spiro atoms. The third-order valence-electron chi connectivity index (χ3n) is 14.5. The number of benzene rings is 3.